The lowest BCUT2D eigenvalue weighted by atomic mass is 10.2. The van der Waals surface area contributed by atoms with Gasteiger partial charge < -0.3 is 10.8 Å². The fourth-order valence-corrected chi connectivity index (χ4v) is 1.31. The largest absolute Gasteiger partial charge is 0.478 e. The number of aliphatic imine (C=N–C) groups is 2. The van der Waals surface area contributed by atoms with E-state index in [0.717, 1.165) is 17.4 Å². The summed E-state index contributed by atoms with van der Waals surface area (Å²) < 4.78 is 12.7. The average molecular weight is 403 g/mol. The lowest BCUT2D eigenvalue weighted by Gasteiger charge is -1.96. The monoisotopic (exact) mass is 402 g/mol. The van der Waals surface area contributed by atoms with Crippen molar-refractivity contribution in [2.24, 2.45) is 15.7 Å². The number of carboxylic acid groups (broad SMARTS) is 1. The molecule has 0 aliphatic rings. The van der Waals surface area contributed by atoms with Crippen molar-refractivity contribution in [3.8, 4) is 6.07 Å². The van der Waals surface area contributed by atoms with Crippen LogP contribution < -0.4 is 5.73 Å². The third-order valence-corrected chi connectivity index (χ3v) is 2.75. The SMILES string of the molecule is C/C=C(/C(=O)O)C(N)=NC.C=C\C(F)=C/C=C(C)/C=C/N=C(C)/C=C/C#N.CC. The molecule has 0 amide bonds. The number of nitrogens with two attached hydrogens (primary N) is 1. The minimum Gasteiger partial charge on any atom is -0.478 e. The Hall–Kier alpha value is -3.53. The first-order chi connectivity index (χ1) is 13.7. The molecule has 0 radical (unpaired) electrons. The Morgan fingerprint density at radius 2 is 1.83 bits per heavy atom. The van der Waals surface area contributed by atoms with Crippen molar-refractivity contribution >= 4 is 17.5 Å². The van der Waals surface area contributed by atoms with E-state index >= 15 is 0 Å². The molecule has 6 nitrogen and oxygen atoms in total. The zero-order valence-electron chi connectivity index (χ0n) is 18.0. The number of carbonyl (C=O) groups is 1. The Labute approximate surface area is 173 Å². The van der Waals surface area contributed by atoms with E-state index in [1.54, 1.807) is 38.3 Å². The number of aliphatic carboxylic acids is 1. The Morgan fingerprint density at radius 1 is 1.24 bits per heavy atom. The first kappa shape index (κ1) is 30.2. The van der Waals surface area contributed by atoms with Crippen molar-refractivity contribution < 1.29 is 14.3 Å². The molecule has 0 saturated heterocycles. The van der Waals surface area contributed by atoms with E-state index < -0.39 is 5.97 Å². The van der Waals surface area contributed by atoms with E-state index in [1.165, 1.54) is 25.3 Å². The van der Waals surface area contributed by atoms with Gasteiger partial charge in [0, 0.05) is 25.0 Å². The summed E-state index contributed by atoms with van der Waals surface area (Å²) in [4.78, 5) is 17.9. The molecule has 7 heteroatoms. The zero-order valence-corrected chi connectivity index (χ0v) is 18.0. The quantitative estimate of drug-likeness (QED) is 0.204. The number of halogens is 1. The van der Waals surface area contributed by atoms with Crippen LogP contribution in [0.5, 0.6) is 0 Å². The van der Waals surface area contributed by atoms with E-state index in [4.69, 9.17) is 16.1 Å². The predicted octanol–water partition coefficient (Wildman–Crippen LogP) is 5.06. The molecular formula is C22H31FN4O2. The number of carboxylic acids is 1. The summed E-state index contributed by atoms with van der Waals surface area (Å²) in [6, 6.07) is 1.88. The van der Waals surface area contributed by atoms with Crippen LogP contribution in [-0.4, -0.2) is 29.7 Å². The highest BCUT2D eigenvalue weighted by Gasteiger charge is 2.08. The summed E-state index contributed by atoms with van der Waals surface area (Å²) in [6.07, 6.45) is 11.8. The highest BCUT2D eigenvalue weighted by molar-refractivity contribution is 6.17. The van der Waals surface area contributed by atoms with Crippen LogP contribution in [0, 0.1) is 11.3 Å². The fraction of sp³-hybridized carbons (Fsp3) is 0.273. The smallest absolute Gasteiger partial charge is 0.339 e. The highest BCUT2D eigenvalue weighted by Crippen LogP contribution is 2.01. The summed E-state index contributed by atoms with van der Waals surface area (Å²) >= 11 is 0. The van der Waals surface area contributed by atoms with Gasteiger partial charge in [0.05, 0.1) is 11.6 Å². The van der Waals surface area contributed by atoms with Crippen molar-refractivity contribution in [1.29, 1.82) is 5.26 Å². The molecule has 0 bridgehead atoms. The number of allylic oxidation sites excluding steroid dienone is 9. The van der Waals surface area contributed by atoms with Crippen molar-refractivity contribution in [3.63, 3.8) is 0 Å². The van der Waals surface area contributed by atoms with E-state index in [9.17, 15) is 9.18 Å². The minimum absolute atomic E-state index is 0.0440. The Balaban J connectivity index is -0.000000479. The predicted molar refractivity (Wildman–Crippen MR) is 120 cm³/mol. The van der Waals surface area contributed by atoms with Crippen LogP contribution in [0.25, 0.3) is 0 Å². The second-order valence-corrected chi connectivity index (χ2v) is 4.83. The van der Waals surface area contributed by atoms with Crippen LogP contribution in [0.1, 0.15) is 34.6 Å². The van der Waals surface area contributed by atoms with Crippen LogP contribution in [0.15, 0.2) is 82.3 Å². The fourth-order valence-electron chi connectivity index (χ4n) is 1.31. The van der Waals surface area contributed by atoms with Gasteiger partial charge in [-0.15, -0.1) is 0 Å². The summed E-state index contributed by atoms with van der Waals surface area (Å²) in [6.45, 7) is 12.5. The minimum atomic E-state index is -1.05. The number of nitrogens with zero attached hydrogens (tertiary/aromatic N) is 3. The van der Waals surface area contributed by atoms with Gasteiger partial charge in [0.2, 0.25) is 0 Å². The molecule has 0 aromatic carbocycles. The molecule has 0 rings (SSSR count). The number of rotatable bonds is 7. The van der Waals surface area contributed by atoms with Crippen molar-refractivity contribution in [3.05, 3.63) is 72.3 Å². The van der Waals surface area contributed by atoms with Crippen LogP contribution in [0.3, 0.4) is 0 Å². The Bertz CT molecular complexity index is 762. The molecule has 0 aromatic heterocycles. The molecule has 0 aliphatic heterocycles. The van der Waals surface area contributed by atoms with Gasteiger partial charge in [-0.1, -0.05) is 32.6 Å². The van der Waals surface area contributed by atoms with E-state index in [0.29, 0.717) is 0 Å². The van der Waals surface area contributed by atoms with Gasteiger partial charge in [-0.25, -0.2) is 9.18 Å². The molecule has 0 unspecified atom stereocenters. The van der Waals surface area contributed by atoms with E-state index in [-0.39, 0.29) is 17.2 Å². The van der Waals surface area contributed by atoms with Gasteiger partial charge in [0.15, 0.2) is 0 Å². The molecule has 0 aromatic rings. The van der Waals surface area contributed by atoms with Gasteiger partial charge in [-0.05, 0) is 50.6 Å². The Morgan fingerprint density at radius 3 is 2.21 bits per heavy atom. The lowest BCUT2D eigenvalue weighted by molar-refractivity contribution is -0.132. The average Bonchev–Trinajstić information content (AvgIpc) is 2.72. The van der Waals surface area contributed by atoms with Crippen molar-refractivity contribution in [2.75, 3.05) is 7.05 Å². The Kier molecular flexibility index (Phi) is 21.6. The van der Waals surface area contributed by atoms with Gasteiger partial charge in [0.25, 0.3) is 0 Å². The first-order valence-corrected chi connectivity index (χ1v) is 8.79. The summed E-state index contributed by atoms with van der Waals surface area (Å²) in [7, 11) is 1.45. The molecule has 0 atom stereocenters. The van der Waals surface area contributed by atoms with E-state index in [1.807, 2.05) is 26.8 Å². The third kappa shape index (κ3) is 19.0. The van der Waals surface area contributed by atoms with Gasteiger partial charge in [-0.2, -0.15) is 5.26 Å². The second kappa shape index (κ2) is 20.8. The third-order valence-electron chi connectivity index (χ3n) is 2.75. The first-order valence-electron chi connectivity index (χ1n) is 8.79. The molecule has 0 fully saturated rings. The van der Waals surface area contributed by atoms with Crippen LogP contribution in [0.4, 0.5) is 4.39 Å². The van der Waals surface area contributed by atoms with Crippen LogP contribution >= 0.6 is 0 Å². The van der Waals surface area contributed by atoms with Crippen LogP contribution in [-0.2, 0) is 4.79 Å². The number of nitriles is 1. The molecule has 0 heterocycles. The normalized spacial score (nSPS) is 13.2. The summed E-state index contributed by atoms with van der Waals surface area (Å²) in [5, 5.41) is 16.8. The molecule has 0 saturated carbocycles. The molecule has 0 aliphatic carbocycles. The van der Waals surface area contributed by atoms with Gasteiger partial charge in [-0.3, -0.25) is 9.98 Å². The van der Waals surface area contributed by atoms with Gasteiger partial charge in [0.1, 0.15) is 11.7 Å². The maximum absolute atomic E-state index is 12.7. The number of amidine groups is 1. The lowest BCUT2D eigenvalue weighted by Crippen LogP contribution is -2.20. The maximum Gasteiger partial charge on any atom is 0.339 e. The summed E-state index contributed by atoms with van der Waals surface area (Å²) in [5.41, 5.74) is 6.86. The molecule has 158 valence electrons. The molecule has 0 spiro atoms. The van der Waals surface area contributed by atoms with Crippen molar-refractivity contribution in [2.45, 2.75) is 34.6 Å². The van der Waals surface area contributed by atoms with Crippen LogP contribution in [0.2, 0.25) is 0 Å². The molecule has 3 N–H and O–H groups in total. The zero-order chi connectivity index (χ0) is 23.2. The van der Waals surface area contributed by atoms with Crippen molar-refractivity contribution in [1.82, 2.24) is 0 Å². The number of hydrogen-bond donors (Lipinski definition) is 2. The molecule has 29 heavy (non-hydrogen) atoms. The second-order valence-electron chi connectivity index (χ2n) is 4.83. The van der Waals surface area contributed by atoms with Gasteiger partial charge >= 0.3 is 5.97 Å². The molecular weight excluding hydrogens is 371 g/mol. The summed E-state index contributed by atoms with van der Waals surface area (Å²) in [5.74, 6) is -1.38. The highest BCUT2D eigenvalue weighted by atomic mass is 19.1. The topological polar surface area (TPSA) is 112 Å². The standard InChI is InChI=1S/C14H15FN2.C6H10N2O2.C2H6/c1-4-14(15)8-7-12(2)9-11-17-13(3)6-5-10-16;1-3-4(6(9)10)5(7)8-2;1-2/h4-9,11H,1H2,2-3H3;3H,1-2H3,(H2,7,8)(H,9,10);1-2H3/b6-5+,11-9+,12-7+,14-8+,17-13+;4-3+;. The number of hydrogen-bond acceptors (Lipinski definition) is 4. The van der Waals surface area contributed by atoms with E-state index in [2.05, 4.69) is 16.6 Å². The maximum atomic E-state index is 12.7.